The number of carbonyl (C=O) groups is 2. The second kappa shape index (κ2) is 8.95. The molecule has 0 saturated carbocycles. The van der Waals surface area contributed by atoms with Crippen molar-refractivity contribution in [3.8, 4) is 5.75 Å². The van der Waals surface area contributed by atoms with Gasteiger partial charge in [0.2, 0.25) is 5.91 Å². The van der Waals surface area contributed by atoms with Crippen molar-refractivity contribution in [2.45, 2.75) is 71.9 Å². The molecule has 28 heavy (non-hydrogen) atoms. The summed E-state index contributed by atoms with van der Waals surface area (Å²) in [7, 11) is 0. The second-order valence-electron chi connectivity index (χ2n) is 8.68. The van der Waals surface area contributed by atoms with E-state index in [1.165, 1.54) is 5.56 Å². The number of benzene rings is 1. The maximum atomic E-state index is 12.6. The van der Waals surface area contributed by atoms with Gasteiger partial charge >= 0.3 is 6.03 Å². The van der Waals surface area contributed by atoms with Gasteiger partial charge in [0, 0.05) is 19.0 Å². The van der Waals surface area contributed by atoms with Crippen molar-refractivity contribution >= 4 is 11.9 Å². The Kier molecular flexibility index (Phi) is 7.10. The number of hydrogen-bond donors (Lipinski definition) is 1. The molecule has 0 spiro atoms. The Bertz CT molecular complexity index is 711. The van der Waals surface area contributed by atoms with Crippen LogP contribution in [0.25, 0.3) is 0 Å². The van der Waals surface area contributed by atoms with Gasteiger partial charge in [-0.25, -0.2) is 4.79 Å². The largest absolute Gasteiger partial charge is 0.491 e. The number of urea groups is 1. The molecule has 0 aromatic heterocycles. The summed E-state index contributed by atoms with van der Waals surface area (Å²) >= 11 is 0. The lowest BCUT2D eigenvalue weighted by molar-refractivity contribution is -0.132. The Labute approximate surface area is 168 Å². The summed E-state index contributed by atoms with van der Waals surface area (Å²) in [5.41, 5.74) is 2.26. The van der Waals surface area contributed by atoms with Crippen LogP contribution in [0.2, 0.25) is 0 Å². The molecule has 3 amide bonds. The summed E-state index contributed by atoms with van der Waals surface area (Å²) < 4.78 is 5.76. The highest BCUT2D eigenvalue weighted by Gasteiger charge is 2.35. The van der Waals surface area contributed by atoms with Crippen LogP contribution in [0.4, 0.5) is 4.79 Å². The third-order valence-corrected chi connectivity index (χ3v) is 5.33. The zero-order valence-corrected chi connectivity index (χ0v) is 18.0. The number of aliphatic hydroxyl groups is 1. The van der Waals surface area contributed by atoms with Crippen LogP contribution in [0, 0.1) is 6.92 Å². The first-order chi connectivity index (χ1) is 13.0. The molecule has 2 rings (SSSR count). The van der Waals surface area contributed by atoms with Gasteiger partial charge in [0.1, 0.15) is 18.5 Å². The lowest BCUT2D eigenvalue weighted by Gasteiger charge is -2.38. The monoisotopic (exact) mass is 390 g/mol. The van der Waals surface area contributed by atoms with Gasteiger partial charge in [0.05, 0.1) is 6.54 Å². The lowest BCUT2D eigenvalue weighted by atomic mass is 9.86. The summed E-state index contributed by atoms with van der Waals surface area (Å²) in [5, 5.41) is 10.4. The first-order valence-electron chi connectivity index (χ1n) is 10.1. The van der Waals surface area contributed by atoms with Gasteiger partial charge in [-0.15, -0.1) is 0 Å². The summed E-state index contributed by atoms with van der Waals surface area (Å²) in [5.74, 6) is 0.457. The zero-order valence-electron chi connectivity index (χ0n) is 18.0. The predicted molar refractivity (Wildman–Crippen MR) is 110 cm³/mol. The smallest absolute Gasteiger partial charge is 0.327 e. The lowest BCUT2D eigenvalue weighted by Crippen LogP contribution is -2.56. The van der Waals surface area contributed by atoms with Gasteiger partial charge in [-0.1, -0.05) is 39.8 Å². The molecule has 0 unspecified atom stereocenters. The normalized spacial score (nSPS) is 17.7. The summed E-state index contributed by atoms with van der Waals surface area (Å²) in [6.45, 7) is 12.8. The average molecular weight is 391 g/mol. The highest BCUT2D eigenvalue weighted by atomic mass is 16.5. The number of rotatable bonds is 7. The molecule has 1 fully saturated rings. The number of β-amino-alcohol motifs (C(OH)–C–C–N with tert-alkyl or cyclic N) is 1. The maximum Gasteiger partial charge on any atom is 0.327 e. The molecule has 1 aromatic carbocycles. The van der Waals surface area contributed by atoms with E-state index in [0.29, 0.717) is 12.3 Å². The predicted octanol–water partition coefficient (Wildman–Crippen LogP) is 3.49. The molecule has 156 valence electrons. The molecular weight excluding hydrogens is 356 g/mol. The molecule has 6 nitrogen and oxygen atoms in total. The maximum absolute atomic E-state index is 12.6. The molecule has 0 aliphatic carbocycles. The second-order valence-corrected chi connectivity index (χ2v) is 8.68. The van der Waals surface area contributed by atoms with Crippen LogP contribution < -0.4 is 4.74 Å². The van der Waals surface area contributed by atoms with E-state index in [1.807, 2.05) is 32.9 Å². The molecule has 1 aliphatic rings. The number of ether oxygens (including phenoxy) is 1. The van der Waals surface area contributed by atoms with E-state index in [0.717, 1.165) is 16.9 Å². The number of hydrogen-bond acceptors (Lipinski definition) is 4. The first-order valence-corrected chi connectivity index (χ1v) is 10.1. The van der Waals surface area contributed by atoms with E-state index < -0.39 is 6.10 Å². The van der Waals surface area contributed by atoms with Crippen molar-refractivity contribution in [1.82, 2.24) is 9.80 Å². The van der Waals surface area contributed by atoms with Crippen LogP contribution in [-0.4, -0.2) is 58.7 Å². The van der Waals surface area contributed by atoms with Crippen LogP contribution in [0.15, 0.2) is 18.2 Å². The molecule has 6 heteroatoms. The summed E-state index contributed by atoms with van der Waals surface area (Å²) in [6, 6.07) is 5.76. The Balaban J connectivity index is 1.97. The van der Waals surface area contributed by atoms with Crippen molar-refractivity contribution in [3.63, 3.8) is 0 Å². The molecule has 1 heterocycles. The van der Waals surface area contributed by atoms with Crippen LogP contribution in [0.3, 0.4) is 0 Å². The molecule has 1 N–H and O–H groups in total. The minimum Gasteiger partial charge on any atom is -0.491 e. The third kappa shape index (κ3) is 5.25. The number of amides is 3. The molecule has 0 radical (unpaired) electrons. The van der Waals surface area contributed by atoms with E-state index in [2.05, 4.69) is 26.8 Å². The Morgan fingerprint density at radius 2 is 1.93 bits per heavy atom. The van der Waals surface area contributed by atoms with E-state index in [4.69, 9.17) is 4.74 Å². The van der Waals surface area contributed by atoms with Crippen LogP contribution in [0.5, 0.6) is 5.75 Å². The quantitative estimate of drug-likeness (QED) is 0.774. The summed E-state index contributed by atoms with van der Waals surface area (Å²) in [4.78, 5) is 27.6. The fourth-order valence-electron chi connectivity index (χ4n) is 3.24. The van der Waals surface area contributed by atoms with Gasteiger partial charge in [0.25, 0.3) is 0 Å². The minimum atomic E-state index is -0.938. The highest BCUT2D eigenvalue weighted by molar-refractivity contribution is 5.97. The fourth-order valence-corrected chi connectivity index (χ4v) is 3.24. The van der Waals surface area contributed by atoms with Crippen molar-refractivity contribution < 1.29 is 19.4 Å². The Morgan fingerprint density at radius 3 is 2.50 bits per heavy atom. The number of imide groups is 1. The van der Waals surface area contributed by atoms with Crippen LogP contribution >= 0.6 is 0 Å². The van der Waals surface area contributed by atoms with Crippen LogP contribution in [-0.2, 0) is 10.2 Å². The third-order valence-electron chi connectivity index (χ3n) is 5.33. The molecule has 1 saturated heterocycles. The first kappa shape index (κ1) is 22.2. The van der Waals surface area contributed by atoms with E-state index in [-0.39, 0.29) is 43.0 Å². The molecule has 1 aromatic rings. The van der Waals surface area contributed by atoms with Crippen molar-refractivity contribution in [2.24, 2.45) is 0 Å². The summed E-state index contributed by atoms with van der Waals surface area (Å²) in [6.07, 6.45) is 0.173. The fraction of sp³-hybridized carbons (Fsp3) is 0.636. The van der Waals surface area contributed by atoms with Crippen LogP contribution in [0.1, 0.15) is 58.6 Å². The highest BCUT2D eigenvalue weighted by Crippen LogP contribution is 2.27. The van der Waals surface area contributed by atoms with E-state index in [9.17, 15) is 14.7 Å². The Morgan fingerprint density at radius 1 is 1.25 bits per heavy atom. The zero-order chi connectivity index (χ0) is 21.1. The molecule has 0 bridgehead atoms. The van der Waals surface area contributed by atoms with Gasteiger partial charge < -0.3 is 14.7 Å². The van der Waals surface area contributed by atoms with Crippen molar-refractivity contribution in [1.29, 1.82) is 0 Å². The topological polar surface area (TPSA) is 70.1 Å². The number of aliphatic hydroxyl groups excluding tert-OH is 1. The van der Waals surface area contributed by atoms with Gasteiger partial charge in [-0.2, -0.15) is 0 Å². The van der Waals surface area contributed by atoms with Crippen molar-refractivity contribution in [2.75, 3.05) is 19.7 Å². The Hall–Kier alpha value is -2.08. The average Bonchev–Trinajstić information content (AvgIpc) is 2.62. The molecule has 1 aliphatic heterocycles. The molecular formula is C22H34N2O4. The van der Waals surface area contributed by atoms with Gasteiger partial charge in [0.15, 0.2) is 0 Å². The van der Waals surface area contributed by atoms with Gasteiger partial charge in [-0.05, 0) is 42.9 Å². The van der Waals surface area contributed by atoms with E-state index in [1.54, 1.807) is 4.90 Å². The molecule has 2 atom stereocenters. The van der Waals surface area contributed by atoms with E-state index >= 15 is 0 Å². The minimum absolute atomic E-state index is 0.0239. The van der Waals surface area contributed by atoms with Gasteiger partial charge in [-0.3, -0.25) is 9.69 Å². The van der Waals surface area contributed by atoms with Crippen molar-refractivity contribution in [3.05, 3.63) is 29.3 Å². The number of aryl methyl sites for hydroxylation is 1. The number of nitrogens with zero attached hydrogens (tertiary/aromatic N) is 2. The standard InChI is InChI=1S/C22H34N2O4/c1-7-16(3)23-11-10-20(26)24(21(23)27)13-18(25)14-28-19-9-8-17(12-15(19)2)22(4,5)6/h8-9,12,16,18,25H,7,10-11,13-14H2,1-6H3/t16-,18+/m0/s1. The number of carbonyl (C=O) groups excluding carboxylic acids is 2. The SMILES string of the molecule is CC[C@H](C)N1CCC(=O)N(C[C@@H](O)COc2ccc(C(C)(C)C)cc2C)C1=O.